The van der Waals surface area contributed by atoms with Crippen molar-refractivity contribution in [2.45, 2.75) is 31.9 Å². The molecule has 0 aliphatic heterocycles. The van der Waals surface area contributed by atoms with Crippen LogP contribution in [0.5, 0.6) is 0 Å². The lowest BCUT2D eigenvalue weighted by atomic mass is 10.2. The van der Waals surface area contributed by atoms with E-state index in [4.69, 9.17) is 11.5 Å². The van der Waals surface area contributed by atoms with Gasteiger partial charge < -0.3 is 11.5 Å². The van der Waals surface area contributed by atoms with Crippen LogP contribution in [0.3, 0.4) is 0 Å². The summed E-state index contributed by atoms with van der Waals surface area (Å²) in [4.78, 5) is 13.9. The Labute approximate surface area is 71.0 Å². The first-order valence-corrected chi connectivity index (χ1v) is 3.93. The highest BCUT2D eigenvalue weighted by molar-refractivity contribution is 4.48. The number of rotatable bonds is 7. The van der Waals surface area contributed by atoms with Crippen LogP contribution < -0.4 is 11.5 Å². The Bertz CT molecular complexity index is 131. The van der Waals surface area contributed by atoms with Gasteiger partial charge in [0.2, 0.25) is 0 Å². The summed E-state index contributed by atoms with van der Waals surface area (Å²) in [5, 5.41) is 8.91. The highest BCUT2D eigenvalue weighted by Gasteiger charge is 2.05. The second-order valence-electron chi connectivity index (χ2n) is 2.51. The van der Waals surface area contributed by atoms with E-state index < -0.39 is 11.3 Å². The summed E-state index contributed by atoms with van der Waals surface area (Å²) in [6, 6.07) is 0. The highest BCUT2D eigenvalue weighted by atomic mass is 17.0. The fourth-order valence-corrected chi connectivity index (χ4v) is 0.830. The molecular weight excluding hydrogens is 162 g/mol. The monoisotopic (exact) mass is 177 g/mol. The van der Waals surface area contributed by atoms with E-state index in [1.165, 1.54) is 0 Å². The van der Waals surface area contributed by atoms with Crippen LogP contribution >= 0.6 is 0 Å². The van der Waals surface area contributed by atoms with Crippen molar-refractivity contribution in [3.8, 4) is 0 Å². The lowest BCUT2D eigenvalue weighted by Gasteiger charge is -2.07. The molecule has 0 radical (unpaired) electrons. The molecule has 0 aromatic carbocycles. The molecular formula is C6H15N3O3. The Morgan fingerprint density at radius 3 is 2.58 bits per heavy atom. The quantitative estimate of drug-likeness (QED) is 0.246. The van der Waals surface area contributed by atoms with Gasteiger partial charge in [0.15, 0.2) is 6.23 Å². The van der Waals surface area contributed by atoms with E-state index in [1.807, 2.05) is 0 Å². The Morgan fingerprint density at radius 2 is 2.08 bits per heavy atom. The van der Waals surface area contributed by atoms with Crippen molar-refractivity contribution in [2.24, 2.45) is 11.5 Å². The molecule has 0 aromatic rings. The Kier molecular flexibility index (Phi) is 6.31. The summed E-state index contributed by atoms with van der Waals surface area (Å²) in [5.74, 6) is 0. The molecule has 6 nitrogen and oxygen atoms in total. The topological polar surface area (TPSA) is 104 Å². The van der Waals surface area contributed by atoms with E-state index in [0.29, 0.717) is 13.0 Å². The van der Waals surface area contributed by atoms with Gasteiger partial charge in [0, 0.05) is 0 Å². The summed E-state index contributed by atoms with van der Waals surface area (Å²) >= 11 is 0. The molecule has 0 rings (SSSR count). The number of nitrogens with zero attached hydrogens (tertiary/aromatic N) is 1. The van der Waals surface area contributed by atoms with Gasteiger partial charge >= 0.3 is 0 Å². The molecule has 1 unspecified atom stereocenters. The smallest absolute Gasteiger partial charge is 0.296 e. The molecule has 1 atom stereocenters. The van der Waals surface area contributed by atoms with E-state index in [1.54, 1.807) is 0 Å². The zero-order chi connectivity index (χ0) is 9.40. The fourth-order valence-electron chi connectivity index (χ4n) is 0.830. The summed E-state index contributed by atoms with van der Waals surface area (Å²) in [5.41, 5.74) is 10.5. The van der Waals surface area contributed by atoms with E-state index in [-0.39, 0.29) is 0 Å². The van der Waals surface area contributed by atoms with Crippen molar-refractivity contribution in [1.29, 1.82) is 0 Å². The van der Waals surface area contributed by atoms with Crippen LogP contribution in [0.1, 0.15) is 25.7 Å². The minimum atomic E-state index is -0.867. The van der Waals surface area contributed by atoms with Gasteiger partial charge in [0.25, 0.3) is 5.09 Å². The first-order chi connectivity index (χ1) is 5.66. The van der Waals surface area contributed by atoms with Crippen molar-refractivity contribution in [3.05, 3.63) is 10.1 Å². The number of unbranched alkanes of at least 4 members (excludes halogenated alkanes) is 2. The molecule has 0 heterocycles. The maximum Gasteiger partial charge on any atom is 0.296 e. The summed E-state index contributed by atoms with van der Waals surface area (Å²) in [6.07, 6.45) is 2.38. The molecule has 6 heteroatoms. The first kappa shape index (κ1) is 11.1. The molecule has 0 spiro atoms. The molecule has 0 saturated carbocycles. The predicted molar refractivity (Wildman–Crippen MR) is 43.6 cm³/mol. The molecule has 0 aliphatic rings. The third-order valence-corrected chi connectivity index (χ3v) is 1.41. The van der Waals surface area contributed by atoms with Gasteiger partial charge in [-0.3, -0.25) is 4.84 Å². The SMILES string of the molecule is NCCCCCC(N)O[N+](=O)[O-]. The van der Waals surface area contributed by atoms with E-state index in [2.05, 4.69) is 4.84 Å². The molecule has 12 heavy (non-hydrogen) atoms. The zero-order valence-electron chi connectivity index (χ0n) is 6.94. The molecule has 0 saturated heterocycles. The normalized spacial score (nSPS) is 12.5. The number of nitrogens with two attached hydrogens (primary N) is 2. The Balaban J connectivity index is 3.19. The largest absolute Gasteiger partial charge is 0.330 e. The maximum absolute atomic E-state index is 9.78. The van der Waals surface area contributed by atoms with Crippen LogP contribution in [0, 0.1) is 10.1 Å². The van der Waals surface area contributed by atoms with Gasteiger partial charge in [-0.05, 0) is 25.8 Å². The van der Waals surface area contributed by atoms with Gasteiger partial charge in [-0.2, -0.15) is 0 Å². The van der Waals surface area contributed by atoms with Crippen LogP contribution in [-0.4, -0.2) is 17.9 Å². The van der Waals surface area contributed by atoms with Crippen LogP contribution in [0.2, 0.25) is 0 Å². The minimum absolute atomic E-state index is 0.501. The molecule has 72 valence electrons. The van der Waals surface area contributed by atoms with Crippen LogP contribution in [0.4, 0.5) is 0 Å². The van der Waals surface area contributed by atoms with Crippen molar-refractivity contribution < 1.29 is 9.92 Å². The average Bonchev–Trinajstić information content (AvgIpc) is 1.97. The third kappa shape index (κ3) is 7.23. The standard InChI is InChI=1S/C6H15N3O3/c7-5-3-1-2-4-6(8)12-9(10)11/h6H,1-5,7-8H2. The lowest BCUT2D eigenvalue weighted by molar-refractivity contribution is -0.768. The van der Waals surface area contributed by atoms with Crippen molar-refractivity contribution in [2.75, 3.05) is 6.54 Å². The molecule has 0 amide bonds. The first-order valence-electron chi connectivity index (χ1n) is 3.93. The van der Waals surface area contributed by atoms with Crippen LogP contribution in [0.25, 0.3) is 0 Å². The maximum atomic E-state index is 9.78. The third-order valence-electron chi connectivity index (χ3n) is 1.41. The predicted octanol–water partition coefficient (Wildman–Crippen LogP) is -0.00140. The summed E-state index contributed by atoms with van der Waals surface area (Å²) in [6.45, 7) is 0.644. The molecule has 0 aliphatic carbocycles. The minimum Gasteiger partial charge on any atom is -0.330 e. The molecule has 0 aromatic heterocycles. The number of hydrogen-bond acceptors (Lipinski definition) is 5. The lowest BCUT2D eigenvalue weighted by Crippen LogP contribution is -2.26. The highest BCUT2D eigenvalue weighted by Crippen LogP contribution is 2.02. The average molecular weight is 177 g/mol. The molecule has 0 bridgehead atoms. The van der Waals surface area contributed by atoms with Gasteiger partial charge in [-0.15, -0.1) is 10.1 Å². The van der Waals surface area contributed by atoms with Crippen LogP contribution in [-0.2, 0) is 4.84 Å². The molecule has 4 N–H and O–H groups in total. The second kappa shape index (κ2) is 6.81. The van der Waals surface area contributed by atoms with Gasteiger partial charge in [0.05, 0.1) is 0 Å². The fraction of sp³-hybridized carbons (Fsp3) is 1.00. The summed E-state index contributed by atoms with van der Waals surface area (Å²) in [7, 11) is 0. The van der Waals surface area contributed by atoms with Crippen molar-refractivity contribution in [3.63, 3.8) is 0 Å². The van der Waals surface area contributed by atoms with Crippen molar-refractivity contribution >= 4 is 0 Å². The van der Waals surface area contributed by atoms with Gasteiger partial charge in [-0.1, -0.05) is 6.42 Å². The second-order valence-corrected chi connectivity index (χ2v) is 2.51. The number of hydrogen-bond donors (Lipinski definition) is 2. The van der Waals surface area contributed by atoms with E-state index in [9.17, 15) is 10.1 Å². The molecule has 0 fully saturated rings. The Morgan fingerprint density at radius 1 is 1.42 bits per heavy atom. The zero-order valence-corrected chi connectivity index (χ0v) is 6.94. The van der Waals surface area contributed by atoms with E-state index >= 15 is 0 Å². The van der Waals surface area contributed by atoms with Gasteiger partial charge in [-0.25, -0.2) is 0 Å². The van der Waals surface area contributed by atoms with Gasteiger partial charge in [0.1, 0.15) is 0 Å². The van der Waals surface area contributed by atoms with Crippen LogP contribution in [0.15, 0.2) is 0 Å². The Hall–Kier alpha value is -0.880. The van der Waals surface area contributed by atoms with Crippen molar-refractivity contribution in [1.82, 2.24) is 0 Å². The summed E-state index contributed by atoms with van der Waals surface area (Å²) < 4.78 is 0. The van der Waals surface area contributed by atoms with E-state index in [0.717, 1.165) is 19.3 Å².